The third-order valence-electron chi connectivity index (χ3n) is 5.23. The fourth-order valence-electron chi connectivity index (χ4n) is 3.40. The van der Waals surface area contributed by atoms with E-state index in [1.54, 1.807) is 29.1 Å². The van der Waals surface area contributed by atoms with Gasteiger partial charge in [0, 0.05) is 17.3 Å². The lowest BCUT2D eigenvalue weighted by molar-refractivity contribution is -0.119. The highest BCUT2D eigenvalue weighted by atomic mass is 32.2. The summed E-state index contributed by atoms with van der Waals surface area (Å²) in [6.45, 7) is 2.23. The lowest BCUT2D eigenvalue weighted by Gasteiger charge is -2.06. The summed E-state index contributed by atoms with van der Waals surface area (Å²) in [6, 6.07) is 25.0. The second kappa shape index (κ2) is 12.1. The first kappa shape index (κ1) is 25.8. The van der Waals surface area contributed by atoms with Gasteiger partial charge in [0.05, 0.1) is 29.9 Å². The minimum Gasteiger partial charge on any atom is -0.494 e. The molecule has 0 aliphatic rings. The van der Waals surface area contributed by atoms with Crippen molar-refractivity contribution in [2.24, 2.45) is 5.10 Å². The topological polar surface area (TPSA) is 115 Å². The molecule has 1 heterocycles. The van der Waals surface area contributed by atoms with Gasteiger partial charge in [0.1, 0.15) is 11.4 Å². The van der Waals surface area contributed by atoms with Crippen LogP contribution >= 0.6 is 0 Å². The quantitative estimate of drug-likeness (QED) is 0.232. The van der Waals surface area contributed by atoms with Crippen LogP contribution in [0.4, 0.5) is 0 Å². The second-order valence-corrected chi connectivity index (χ2v) is 9.78. The van der Waals surface area contributed by atoms with E-state index in [0.29, 0.717) is 17.9 Å². The Bertz CT molecular complexity index is 1450. The molecule has 190 valence electrons. The van der Waals surface area contributed by atoms with Crippen LogP contribution in [0.15, 0.2) is 101 Å². The predicted molar refractivity (Wildman–Crippen MR) is 142 cm³/mol. The molecule has 0 aliphatic carbocycles. The van der Waals surface area contributed by atoms with Gasteiger partial charge in [-0.1, -0.05) is 43.3 Å². The van der Waals surface area contributed by atoms with Crippen LogP contribution in [0.3, 0.4) is 0 Å². The number of ether oxygens (including phenoxy) is 1. The molecule has 0 spiro atoms. The van der Waals surface area contributed by atoms with Crippen molar-refractivity contribution in [2.75, 3.05) is 13.2 Å². The van der Waals surface area contributed by atoms with Crippen molar-refractivity contribution in [1.82, 2.24) is 19.9 Å². The van der Waals surface area contributed by atoms with Crippen LogP contribution in [0, 0.1) is 0 Å². The molecular formula is C27H27N5O4S. The van der Waals surface area contributed by atoms with E-state index >= 15 is 0 Å². The summed E-state index contributed by atoms with van der Waals surface area (Å²) in [5.74, 6) is 0.165. The maximum absolute atomic E-state index is 12.3. The van der Waals surface area contributed by atoms with Crippen LogP contribution in [0.2, 0.25) is 0 Å². The molecule has 9 nitrogen and oxygen atoms in total. The predicted octanol–water partition coefficient (Wildman–Crippen LogP) is 3.76. The number of amides is 1. The van der Waals surface area contributed by atoms with Crippen LogP contribution in [-0.2, 0) is 14.8 Å². The monoisotopic (exact) mass is 517 g/mol. The van der Waals surface area contributed by atoms with Crippen LogP contribution in [0.5, 0.6) is 5.75 Å². The van der Waals surface area contributed by atoms with Crippen LogP contribution in [0.25, 0.3) is 16.9 Å². The molecule has 1 aromatic heterocycles. The largest absolute Gasteiger partial charge is 0.494 e. The zero-order valence-corrected chi connectivity index (χ0v) is 21.1. The molecule has 2 N–H and O–H groups in total. The van der Waals surface area contributed by atoms with Crippen molar-refractivity contribution < 1.29 is 17.9 Å². The van der Waals surface area contributed by atoms with Crippen LogP contribution in [-0.4, -0.2) is 43.5 Å². The lowest BCUT2D eigenvalue weighted by Crippen LogP contribution is -2.34. The van der Waals surface area contributed by atoms with E-state index < -0.39 is 22.5 Å². The molecule has 0 fully saturated rings. The van der Waals surface area contributed by atoms with Crippen molar-refractivity contribution >= 4 is 22.1 Å². The molecule has 0 bridgehead atoms. The van der Waals surface area contributed by atoms with E-state index in [9.17, 15) is 13.2 Å². The van der Waals surface area contributed by atoms with E-state index in [0.717, 1.165) is 23.4 Å². The zero-order chi connectivity index (χ0) is 26.1. The lowest BCUT2D eigenvalue weighted by atomic mass is 10.1. The summed E-state index contributed by atoms with van der Waals surface area (Å²) in [6.07, 6.45) is 4.20. The molecular weight excluding hydrogens is 490 g/mol. The smallest absolute Gasteiger partial charge is 0.255 e. The van der Waals surface area contributed by atoms with E-state index in [2.05, 4.69) is 15.2 Å². The number of hydrazone groups is 1. The highest BCUT2D eigenvalue weighted by Crippen LogP contribution is 2.25. The van der Waals surface area contributed by atoms with Gasteiger partial charge in [0.2, 0.25) is 10.0 Å². The number of hydrogen-bond acceptors (Lipinski definition) is 6. The van der Waals surface area contributed by atoms with Crippen LogP contribution < -0.4 is 14.9 Å². The minimum absolute atomic E-state index is 0.0791. The van der Waals surface area contributed by atoms with Crippen molar-refractivity contribution in [2.45, 2.75) is 18.2 Å². The molecule has 0 radical (unpaired) electrons. The first-order valence-corrected chi connectivity index (χ1v) is 13.2. The number of benzene rings is 3. The third-order valence-corrected chi connectivity index (χ3v) is 6.65. The fourth-order valence-corrected chi connectivity index (χ4v) is 4.41. The van der Waals surface area contributed by atoms with E-state index in [1.165, 1.54) is 18.3 Å². The average Bonchev–Trinajstić information content (AvgIpc) is 3.36. The summed E-state index contributed by atoms with van der Waals surface area (Å²) in [5.41, 5.74) is 5.40. The number of hydrogen-bond donors (Lipinski definition) is 2. The highest BCUT2D eigenvalue weighted by molar-refractivity contribution is 7.89. The summed E-state index contributed by atoms with van der Waals surface area (Å²) >= 11 is 0. The Hall–Kier alpha value is -4.28. The Labute approximate surface area is 215 Å². The van der Waals surface area contributed by atoms with Gasteiger partial charge in [0.25, 0.3) is 5.91 Å². The van der Waals surface area contributed by atoms with Gasteiger partial charge in [-0.2, -0.15) is 10.2 Å². The van der Waals surface area contributed by atoms with Crippen molar-refractivity contribution in [3.05, 3.63) is 96.7 Å². The summed E-state index contributed by atoms with van der Waals surface area (Å²) in [5, 5.41) is 8.75. The molecule has 0 saturated heterocycles. The van der Waals surface area contributed by atoms with Crippen molar-refractivity contribution in [3.8, 4) is 22.7 Å². The number of nitrogens with zero attached hydrogens (tertiary/aromatic N) is 3. The standard InChI is InChI=1S/C27H27N5O4S/c1-2-17-36-24-15-13-21(14-16-24)27-22(20-32(31-27)23-9-5-3-6-10-23)18-28-30-26(33)19-29-37(34,35)25-11-7-4-8-12-25/h3-16,18,20,29H,2,17,19H2,1H3,(H,30,33). The Kier molecular flexibility index (Phi) is 8.44. The summed E-state index contributed by atoms with van der Waals surface area (Å²) in [4.78, 5) is 12.3. The average molecular weight is 518 g/mol. The van der Waals surface area contributed by atoms with Crippen molar-refractivity contribution in [3.63, 3.8) is 0 Å². The Morgan fingerprint density at radius 2 is 1.68 bits per heavy atom. The number of aromatic nitrogens is 2. The van der Waals surface area contributed by atoms with E-state index in [4.69, 9.17) is 9.84 Å². The molecule has 1 amide bonds. The minimum atomic E-state index is -3.80. The zero-order valence-electron chi connectivity index (χ0n) is 20.2. The van der Waals surface area contributed by atoms with Crippen LogP contribution in [0.1, 0.15) is 18.9 Å². The normalized spacial score (nSPS) is 11.5. The van der Waals surface area contributed by atoms with Gasteiger partial charge < -0.3 is 4.74 Å². The molecule has 3 aromatic carbocycles. The van der Waals surface area contributed by atoms with Gasteiger partial charge in [-0.05, 0) is 55.0 Å². The number of para-hydroxylation sites is 1. The molecule has 0 aliphatic heterocycles. The highest BCUT2D eigenvalue weighted by Gasteiger charge is 2.15. The van der Waals surface area contributed by atoms with Gasteiger partial charge in [-0.3, -0.25) is 4.79 Å². The molecule has 4 rings (SSSR count). The van der Waals surface area contributed by atoms with Gasteiger partial charge in [-0.25, -0.2) is 23.2 Å². The second-order valence-electron chi connectivity index (χ2n) is 8.02. The van der Waals surface area contributed by atoms with Gasteiger partial charge in [-0.15, -0.1) is 0 Å². The molecule has 0 saturated carbocycles. The molecule has 4 aromatic rings. The SMILES string of the molecule is CCCOc1ccc(-c2nn(-c3ccccc3)cc2C=NNC(=O)CNS(=O)(=O)c2ccccc2)cc1. The Balaban J connectivity index is 1.49. The number of rotatable bonds is 11. The molecule has 0 unspecified atom stereocenters. The maximum Gasteiger partial charge on any atom is 0.255 e. The van der Waals surface area contributed by atoms with Gasteiger partial charge in [0.15, 0.2) is 0 Å². The first-order chi connectivity index (χ1) is 18.0. The Morgan fingerprint density at radius 1 is 1.00 bits per heavy atom. The summed E-state index contributed by atoms with van der Waals surface area (Å²) < 4.78 is 34.3. The number of carbonyl (C=O) groups is 1. The summed E-state index contributed by atoms with van der Waals surface area (Å²) in [7, 11) is -3.80. The maximum atomic E-state index is 12.3. The molecule has 37 heavy (non-hydrogen) atoms. The van der Waals surface area contributed by atoms with E-state index in [-0.39, 0.29) is 4.90 Å². The van der Waals surface area contributed by atoms with E-state index in [1.807, 2.05) is 61.5 Å². The number of carbonyl (C=O) groups excluding carboxylic acids is 1. The third kappa shape index (κ3) is 6.90. The number of nitrogens with one attached hydrogen (secondary N) is 2. The Morgan fingerprint density at radius 3 is 2.35 bits per heavy atom. The fraction of sp³-hybridized carbons (Fsp3) is 0.148. The van der Waals surface area contributed by atoms with Crippen molar-refractivity contribution in [1.29, 1.82) is 0 Å². The molecule has 0 atom stereocenters. The number of sulfonamides is 1. The molecule has 10 heteroatoms. The first-order valence-electron chi connectivity index (χ1n) is 11.7. The van der Waals surface area contributed by atoms with Gasteiger partial charge >= 0.3 is 0 Å².